The fourth-order valence-electron chi connectivity index (χ4n) is 4.76. The first-order valence-corrected chi connectivity index (χ1v) is 12.6. The number of piperidine rings is 1. The van der Waals surface area contributed by atoms with Gasteiger partial charge < -0.3 is 19.8 Å². The molecule has 7 heteroatoms. The van der Waals surface area contributed by atoms with E-state index in [0.717, 1.165) is 60.4 Å². The van der Waals surface area contributed by atoms with Crippen molar-refractivity contribution in [2.24, 2.45) is 11.8 Å². The van der Waals surface area contributed by atoms with Crippen molar-refractivity contribution < 1.29 is 14.9 Å². The van der Waals surface area contributed by atoms with E-state index in [9.17, 15) is 10.2 Å². The zero-order valence-electron chi connectivity index (χ0n) is 19.1. The number of benzene rings is 1. The first-order valence-electron chi connectivity index (χ1n) is 11.6. The number of nitrogens with zero attached hydrogens (tertiary/aromatic N) is 3. The molecule has 1 aromatic carbocycles. The maximum Gasteiger partial charge on any atom is 0.119 e. The normalized spacial score (nSPS) is 20.1. The van der Waals surface area contributed by atoms with E-state index in [4.69, 9.17) is 4.74 Å². The zero-order valence-corrected chi connectivity index (χ0v) is 20.0. The summed E-state index contributed by atoms with van der Waals surface area (Å²) in [6.07, 6.45) is 7.49. The molecule has 0 spiro atoms. The van der Waals surface area contributed by atoms with Crippen molar-refractivity contribution in [3.63, 3.8) is 0 Å². The van der Waals surface area contributed by atoms with Gasteiger partial charge in [-0.05, 0) is 79.6 Å². The highest BCUT2D eigenvalue weighted by molar-refractivity contribution is 7.99. The van der Waals surface area contributed by atoms with Gasteiger partial charge in [0.1, 0.15) is 5.75 Å². The maximum absolute atomic E-state index is 11.0. The lowest BCUT2D eigenvalue weighted by Crippen LogP contribution is -2.43. The number of aromatic nitrogens is 2. The van der Waals surface area contributed by atoms with Gasteiger partial charge in [0.05, 0.1) is 18.7 Å². The number of hydrogen-bond acceptors (Lipinski definition) is 7. The Morgan fingerprint density at radius 1 is 1.15 bits per heavy atom. The molecule has 1 fully saturated rings. The van der Waals surface area contributed by atoms with Crippen LogP contribution in [-0.2, 0) is 0 Å². The predicted octanol–water partition coefficient (Wildman–Crippen LogP) is 4.17. The first kappa shape index (κ1) is 24.0. The highest BCUT2D eigenvalue weighted by Gasteiger charge is 2.29. The highest BCUT2D eigenvalue weighted by Crippen LogP contribution is 2.33. The molecule has 0 unspecified atom stereocenters. The molecule has 0 saturated carbocycles. The van der Waals surface area contributed by atoms with Crippen LogP contribution < -0.4 is 4.74 Å². The highest BCUT2D eigenvalue weighted by atomic mass is 32.2. The van der Waals surface area contributed by atoms with E-state index in [1.54, 1.807) is 13.3 Å². The van der Waals surface area contributed by atoms with Crippen molar-refractivity contribution in [1.82, 2.24) is 14.9 Å². The molecule has 2 N–H and O–H groups in total. The second kappa shape index (κ2) is 11.8. The maximum atomic E-state index is 11.0. The topological polar surface area (TPSA) is 78.7 Å². The Morgan fingerprint density at radius 2 is 2.00 bits per heavy atom. The molecule has 3 atom stereocenters. The molecule has 33 heavy (non-hydrogen) atoms. The third-order valence-corrected chi connectivity index (χ3v) is 7.68. The summed E-state index contributed by atoms with van der Waals surface area (Å²) in [5, 5.41) is 22.0. The van der Waals surface area contributed by atoms with Gasteiger partial charge in [0.15, 0.2) is 0 Å². The quantitative estimate of drug-likeness (QED) is 0.433. The summed E-state index contributed by atoms with van der Waals surface area (Å²) in [7, 11) is 1.65. The lowest BCUT2D eigenvalue weighted by molar-refractivity contribution is 0.0608. The van der Waals surface area contributed by atoms with E-state index >= 15 is 0 Å². The molecule has 1 aliphatic rings. The molecule has 1 saturated heterocycles. The van der Waals surface area contributed by atoms with Gasteiger partial charge in [-0.25, -0.2) is 0 Å². The molecule has 176 valence electrons. The first-order chi connectivity index (χ1) is 16.2. The molecule has 0 amide bonds. The molecular weight excluding hydrogens is 434 g/mol. The van der Waals surface area contributed by atoms with Gasteiger partial charge in [-0.2, -0.15) is 0 Å². The Kier molecular flexibility index (Phi) is 8.56. The van der Waals surface area contributed by atoms with E-state index < -0.39 is 6.10 Å². The number of aliphatic hydroxyl groups is 2. The van der Waals surface area contributed by atoms with Crippen LogP contribution in [0.2, 0.25) is 0 Å². The Morgan fingerprint density at radius 3 is 2.79 bits per heavy atom. The predicted molar refractivity (Wildman–Crippen MR) is 133 cm³/mol. The number of likely N-dealkylation sites (tertiary alicyclic amines) is 1. The van der Waals surface area contributed by atoms with Crippen LogP contribution >= 0.6 is 11.8 Å². The lowest BCUT2D eigenvalue weighted by atomic mass is 9.81. The number of pyridine rings is 2. The summed E-state index contributed by atoms with van der Waals surface area (Å²) in [5.74, 6) is 2.48. The Labute approximate surface area is 200 Å². The van der Waals surface area contributed by atoms with Gasteiger partial charge in [0.2, 0.25) is 0 Å². The van der Waals surface area contributed by atoms with Gasteiger partial charge in [-0.3, -0.25) is 9.97 Å². The van der Waals surface area contributed by atoms with Crippen LogP contribution in [0.25, 0.3) is 10.9 Å². The van der Waals surface area contributed by atoms with E-state index in [1.807, 2.05) is 60.6 Å². The van der Waals surface area contributed by atoms with E-state index in [0.29, 0.717) is 12.3 Å². The number of methoxy groups -OCH3 is 1. The second-order valence-electron chi connectivity index (χ2n) is 8.70. The van der Waals surface area contributed by atoms with Crippen molar-refractivity contribution in [3.05, 3.63) is 60.6 Å². The molecule has 3 aromatic rings. The SMILES string of the molecule is COc1ccc2nccc([C@H](O)CC[C@@H]3CCN(CCSc4ccncc4)C[C@@H]3CO)c2c1. The molecule has 0 bridgehead atoms. The zero-order chi connectivity index (χ0) is 23.0. The number of aliphatic hydroxyl groups excluding tert-OH is 2. The Hall–Kier alpha value is -2.19. The summed E-state index contributed by atoms with van der Waals surface area (Å²) < 4.78 is 5.36. The van der Waals surface area contributed by atoms with Gasteiger partial charge in [-0.15, -0.1) is 11.8 Å². The fraction of sp³-hybridized carbons (Fsp3) is 0.462. The third kappa shape index (κ3) is 6.23. The average Bonchev–Trinajstić information content (AvgIpc) is 2.87. The van der Waals surface area contributed by atoms with E-state index in [-0.39, 0.29) is 12.5 Å². The minimum absolute atomic E-state index is 0.199. The van der Waals surface area contributed by atoms with Crippen molar-refractivity contribution in [2.75, 3.05) is 39.1 Å². The van der Waals surface area contributed by atoms with Crippen LogP contribution in [0.4, 0.5) is 0 Å². The molecule has 0 aliphatic carbocycles. The van der Waals surface area contributed by atoms with Crippen LogP contribution in [0.1, 0.15) is 30.9 Å². The number of fused-ring (bicyclic) bond motifs is 1. The molecule has 1 aliphatic heterocycles. The van der Waals surface area contributed by atoms with Crippen LogP contribution in [-0.4, -0.2) is 64.2 Å². The van der Waals surface area contributed by atoms with Gasteiger partial charge >= 0.3 is 0 Å². The minimum atomic E-state index is -0.559. The number of thioether (sulfide) groups is 1. The summed E-state index contributed by atoms with van der Waals surface area (Å²) in [5.41, 5.74) is 1.75. The molecule has 0 radical (unpaired) electrons. The van der Waals surface area contributed by atoms with Crippen molar-refractivity contribution in [2.45, 2.75) is 30.3 Å². The Balaban J connectivity index is 1.30. The number of hydrogen-bond donors (Lipinski definition) is 2. The number of ether oxygens (including phenoxy) is 1. The van der Waals surface area contributed by atoms with Crippen LogP contribution in [0, 0.1) is 11.8 Å². The molecule has 4 rings (SSSR count). The fourth-order valence-corrected chi connectivity index (χ4v) is 5.66. The summed E-state index contributed by atoms with van der Waals surface area (Å²) >= 11 is 1.85. The second-order valence-corrected chi connectivity index (χ2v) is 9.87. The van der Waals surface area contributed by atoms with Crippen molar-refractivity contribution in [1.29, 1.82) is 0 Å². The van der Waals surface area contributed by atoms with Gasteiger partial charge in [0, 0.05) is 54.3 Å². The standard InChI is InChI=1S/C26H33N3O3S/c1-32-21-3-4-25-24(16-21)23(8-12-28-25)26(31)5-2-19-9-13-29(17-20(19)18-30)14-15-33-22-6-10-27-11-7-22/h3-4,6-8,10-12,16,19-20,26,30-31H,2,5,9,13-15,17-18H2,1H3/t19-,20-,26-/m1/s1. The lowest BCUT2D eigenvalue weighted by Gasteiger charge is -2.38. The molecule has 6 nitrogen and oxygen atoms in total. The van der Waals surface area contributed by atoms with E-state index in [2.05, 4.69) is 14.9 Å². The monoisotopic (exact) mass is 467 g/mol. The van der Waals surface area contributed by atoms with E-state index in [1.165, 1.54) is 4.90 Å². The molecule has 2 aromatic heterocycles. The van der Waals surface area contributed by atoms with Crippen molar-refractivity contribution in [3.8, 4) is 5.75 Å². The van der Waals surface area contributed by atoms with Crippen molar-refractivity contribution >= 4 is 22.7 Å². The van der Waals surface area contributed by atoms with Gasteiger partial charge in [0.25, 0.3) is 0 Å². The van der Waals surface area contributed by atoms with Gasteiger partial charge in [-0.1, -0.05) is 0 Å². The smallest absolute Gasteiger partial charge is 0.119 e. The Bertz CT molecular complexity index is 1020. The minimum Gasteiger partial charge on any atom is -0.497 e. The molecule has 3 heterocycles. The van der Waals surface area contributed by atoms with Crippen LogP contribution in [0.15, 0.2) is 59.9 Å². The molecular formula is C26H33N3O3S. The average molecular weight is 468 g/mol. The number of rotatable bonds is 10. The largest absolute Gasteiger partial charge is 0.497 e. The summed E-state index contributed by atoms with van der Waals surface area (Å²) in [6, 6.07) is 11.7. The third-order valence-electron chi connectivity index (χ3n) is 6.69. The summed E-state index contributed by atoms with van der Waals surface area (Å²) in [4.78, 5) is 12.2. The van der Waals surface area contributed by atoms with Crippen LogP contribution in [0.5, 0.6) is 5.75 Å². The van der Waals surface area contributed by atoms with Crippen LogP contribution in [0.3, 0.4) is 0 Å². The summed E-state index contributed by atoms with van der Waals surface area (Å²) in [6.45, 7) is 3.18.